The fraction of sp³-hybridized carbons (Fsp3) is 0.269. The SMILES string of the molecule is O=C(c1ccccc1Cl)N(Cc1ccccc1Cl)C1CCN(Cc2ccccc2)CC1. The molecule has 1 saturated heterocycles. The first kappa shape index (κ1) is 21.9. The van der Waals surface area contributed by atoms with E-state index in [9.17, 15) is 4.79 Å². The van der Waals surface area contributed by atoms with Crippen LogP contribution in [0.5, 0.6) is 0 Å². The summed E-state index contributed by atoms with van der Waals surface area (Å²) in [4.78, 5) is 18.0. The van der Waals surface area contributed by atoms with Crippen molar-refractivity contribution in [1.29, 1.82) is 0 Å². The van der Waals surface area contributed by atoms with Gasteiger partial charge in [0, 0.05) is 37.2 Å². The highest BCUT2D eigenvalue weighted by molar-refractivity contribution is 6.33. The van der Waals surface area contributed by atoms with E-state index in [1.54, 1.807) is 12.1 Å². The molecule has 160 valence electrons. The number of amides is 1. The number of hydrogen-bond donors (Lipinski definition) is 0. The first-order chi connectivity index (χ1) is 15.1. The van der Waals surface area contributed by atoms with Gasteiger partial charge in [0.15, 0.2) is 0 Å². The van der Waals surface area contributed by atoms with Crippen LogP contribution in [0.1, 0.15) is 34.3 Å². The fourth-order valence-electron chi connectivity index (χ4n) is 4.20. The maximum atomic E-state index is 13.5. The van der Waals surface area contributed by atoms with Crippen molar-refractivity contribution in [3.05, 3.63) is 106 Å². The minimum Gasteiger partial charge on any atom is -0.331 e. The smallest absolute Gasteiger partial charge is 0.255 e. The van der Waals surface area contributed by atoms with Gasteiger partial charge in [-0.3, -0.25) is 9.69 Å². The summed E-state index contributed by atoms with van der Waals surface area (Å²) < 4.78 is 0. The van der Waals surface area contributed by atoms with Crippen molar-refractivity contribution >= 4 is 29.1 Å². The molecule has 1 amide bonds. The van der Waals surface area contributed by atoms with Gasteiger partial charge >= 0.3 is 0 Å². The Balaban J connectivity index is 1.51. The summed E-state index contributed by atoms with van der Waals surface area (Å²) >= 11 is 12.8. The predicted octanol–water partition coefficient (Wildman–Crippen LogP) is 6.30. The van der Waals surface area contributed by atoms with Crippen LogP contribution in [0.4, 0.5) is 0 Å². The number of benzene rings is 3. The molecule has 5 heteroatoms. The van der Waals surface area contributed by atoms with Gasteiger partial charge in [0.05, 0.1) is 10.6 Å². The number of nitrogens with zero attached hydrogens (tertiary/aromatic N) is 2. The quantitative estimate of drug-likeness (QED) is 0.437. The summed E-state index contributed by atoms with van der Waals surface area (Å²) in [6, 6.07) is 25.7. The molecule has 1 heterocycles. The van der Waals surface area contributed by atoms with E-state index in [-0.39, 0.29) is 11.9 Å². The van der Waals surface area contributed by atoms with Gasteiger partial charge in [-0.15, -0.1) is 0 Å². The van der Waals surface area contributed by atoms with Crippen LogP contribution in [-0.4, -0.2) is 34.8 Å². The summed E-state index contributed by atoms with van der Waals surface area (Å²) in [5, 5.41) is 1.17. The lowest BCUT2D eigenvalue weighted by atomic mass is 10.00. The summed E-state index contributed by atoms with van der Waals surface area (Å²) in [5.41, 5.74) is 2.82. The van der Waals surface area contributed by atoms with Gasteiger partial charge in [-0.1, -0.05) is 83.9 Å². The Morgan fingerprint density at radius 3 is 2.13 bits per heavy atom. The van der Waals surface area contributed by atoms with Crippen molar-refractivity contribution < 1.29 is 4.79 Å². The Labute approximate surface area is 194 Å². The van der Waals surface area contributed by atoms with Gasteiger partial charge in [-0.25, -0.2) is 0 Å². The minimum atomic E-state index is -0.0352. The Hall–Kier alpha value is -2.33. The molecule has 0 bridgehead atoms. The summed E-state index contributed by atoms with van der Waals surface area (Å²) in [6.07, 6.45) is 1.85. The fourth-order valence-corrected chi connectivity index (χ4v) is 4.61. The highest BCUT2D eigenvalue weighted by atomic mass is 35.5. The number of piperidine rings is 1. The number of hydrogen-bond acceptors (Lipinski definition) is 2. The second-order valence-electron chi connectivity index (χ2n) is 8.00. The van der Waals surface area contributed by atoms with E-state index in [2.05, 4.69) is 29.2 Å². The molecule has 3 aromatic rings. The van der Waals surface area contributed by atoms with E-state index >= 15 is 0 Å². The summed E-state index contributed by atoms with van der Waals surface area (Å²) in [6.45, 7) is 3.33. The third-order valence-corrected chi connectivity index (χ3v) is 6.61. The molecule has 0 spiro atoms. The molecule has 0 aliphatic carbocycles. The highest BCUT2D eigenvalue weighted by Crippen LogP contribution is 2.27. The van der Waals surface area contributed by atoms with Crippen molar-refractivity contribution in [2.24, 2.45) is 0 Å². The normalized spacial score (nSPS) is 15.0. The van der Waals surface area contributed by atoms with Gasteiger partial charge in [-0.2, -0.15) is 0 Å². The van der Waals surface area contributed by atoms with Gasteiger partial charge in [-0.05, 0) is 42.2 Å². The van der Waals surface area contributed by atoms with E-state index in [0.29, 0.717) is 22.2 Å². The van der Waals surface area contributed by atoms with Crippen molar-refractivity contribution in [2.45, 2.75) is 32.0 Å². The Morgan fingerprint density at radius 2 is 1.45 bits per heavy atom. The molecule has 3 aromatic carbocycles. The van der Waals surface area contributed by atoms with Crippen LogP contribution in [0, 0.1) is 0 Å². The molecule has 0 unspecified atom stereocenters. The summed E-state index contributed by atoms with van der Waals surface area (Å²) in [5.74, 6) is -0.0352. The molecule has 0 radical (unpaired) electrons. The number of rotatable bonds is 6. The molecule has 31 heavy (non-hydrogen) atoms. The van der Waals surface area contributed by atoms with Crippen molar-refractivity contribution in [3.63, 3.8) is 0 Å². The van der Waals surface area contributed by atoms with Crippen LogP contribution < -0.4 is 0 Å². The number of carbonyl (C=O) groups excluding carboxylic acids is 1. The van der Waals surface area contributed by atoms with E-state index in [4.69, 9.17) is 23.2 Å². The molecule has 4 rings (SSSR count). The first-order valence-electron chi connectivity index (χ1n) is 10.7. The lowest BCUT2D eigenvalue weighted by Gasteiger charge is -2.39. The average Bonchev–Trinajstić information content (AvgIpc) is 2.80. The van der Waals surface area contributed by atoms with Crippen LogP contribution in [0.15, 0.2) is 78.9 Å². The molecule has 0 N–H and O–H groups in total. The third-order valence-electron chi connectivity index (χ3n) is 5.91. The van der Waals surface area contributed by atoms with Crippen molar-refractivity contribution in [3.8, 4) is 0 Å². The van der Waals surface area contributed by atoms with Crippen LogP contribution >= 0.6 is 23.2 Å². The van der Waals surface area contributed by atoms with Crippen molar-refractivity contribution in [2.75, 3.05) is 13.1 Å². The maximum Gasteiger partial charge on any atom is 0.255 e. The minimum absolute atomic E-state index is 0.0352. The molecular weight excluding hydrogens is 427 g/mol. The van der Waals surface area contributed by atoms with Gasteiger partial charge in [0.1, 0.15) is 0 Å². The van der Waals surface area contributed by atoms with E-state index in [1.807, 2.05) is 47.4 Å². The molecule has 1 aliphatic heterocycles. The Bertz CT molecular complexity index is 1020. The zero-order valence-corrected chi connectivity index (χ0v) is 18.9. The lowest BCUT2D eigenvalue weighted by Crippen LogP contribution is -2.47. The van der Waals surface area contributed by atoms with Gasteiger partial charge in [0.25, 0.3) is 5.91 Å². The number of likely N-dealkylation sites (tertiary alicyclic amines) is 1. The molecule has 0 atom stereocenters. The summed E-state index contributed by atoms with van der Waals surface area (Å²) in [7, 11) is 0. The topological polar surface area (TPSA) is 23.6 Å². The van der Waals surface area contributed by atoms with Crippen LogP contribution in [-0.2, 0) is 13.1 Å². The van der Waals surface area contributed by atoms with E-state index in [0.717, 1.165) is 38.0 Å². The predicted molar refractivity (Wildman–Crippen MR) is 128 cm³/mol. The van der Waals surface area contributed by atoms with E-state index < -0.39 is 0 Å². The monoisotopic (exact) mass is 452 g/mol. The molecular formula is C26H26Cl2N2O. The third kappa shape index (κ3) is 5.48. The van der Waals surface area contributed by atoms with Gasteiger partial charge in [0.2, 0.25) is 0 Å². The second-order valence-corrected chi connectivity index (χ2v) is 8.81. The largest absolute Gasteiger partial charge is 0.331 e. The zero-order chi connectivity index (χ0) is 21.6. The molecule has 1 aliphatic rings. The Morgan fingerprint density at radius 1 is 0.839 bits per heavy atom. The van der Waals surface area contributed by atoms with E-state index in [1.165, 1.54) is 5.56 Å². The number of halogens is 2. The molecule has 3 nitrogen and oxygen atoms in total. The molecule has 0 saturated carbocycles. The lowest BCUT2D eigenvalue weighted by molar-refractivity contribution is 0.0543. The molecule has 1 fully saturated rings. The maximum absolute atomic E-state index is 13.5. The second kappa shape index (κ2) is 10.3. The zero-order valence-electron chi connectivity index (χ0n) is 17.4. The first-order valence-corrected chi connectivity index (χ1v) is 11.4. The molecule has 0 aromatic heterocycles. The number of carbonyl (C=O) groups is 1. The van der Waals surface area contributed by atoms with Gasteiger partial charge < -0.3 is 4.90 Å². The van der Waals surface area contributed by atoms with Crippen LogP contribution in [0.2, 0.25) is 10.0 Å². The van der Waals surface area contributed by atoms with Crippen molar-refractivity contribution in [1.82, 2.24) is 9.80 Å². The standard InChI is InChI=1S/C26H26Cl2N2O/c27-24-12-6-4-10-21(24)19-30(26(31)23-11-5-7-13-25(23)28)22-14-16-29(17-15-22)18-20-8-2-1-3-9-20/h1-13,22H,14-19H2. The van der Waals surface area contributed by atoms with Crippen LogP contribution in [0.25, 0.3) is 0 Å². The van der Waals surface area contributed by atoms with Crippen LogP contribution in [0.3, 0.4) is 0 Å². The Kier molecular flexibility index (Phi) is 7.29. The average molecular weight is 453 g/mol. The highest BCUT2D eigenvalue weighted by Gasteiger charge is 2.30.